The van der Waals surface area contributed by atoms with Gasteiger partial charge in [-0.15, -0.1) is 0 Å². The maximum atomic E-state index is 6.58. The van der Waals surface area contributed by atoms with Crippen molar-refractivity contribution in [2.24, 2.45) is 0 Å². The topological polar surface area (TPSA) is 51.8 Å². The minimum atomic E-state index is 0.605. The Labute approximate surface area is 294 Å². The van der Waals surface area contributed by atoms with Gasteiger partial charge in [-0.1, -0.05) is 152 Å². The van der Waals surface area contributed by atoms with E-state index in [1.807, 2.05) is 60.7 Å². The van der Waals surface area contributed by atoms with Crippen LogP contribution >= 0.6 is 0 Å². The zero-order valence-electron chi connectivity index (χ0n) is 27.5. The molecule has 10 aromatic rings. The van der Waals surface area contributed by atoms with Gasteiger partial charge in [0.25, 0.3) is 0 Å². The SMILES string of the molecule is c1ccc(-c2nc(-c3ccccc3)nc(-c3cc4oc5ccc(-c6ccc(-c7ccc8ccccc8c7)cc6)cc5c4c4ccccc34)n2)cc1. The van der Waals surface area contributed by atoms with Crippen LogP contribution in [-0.2, 0) is 0 Å². The molecule has 2 heterocycles. The number of hydrogen-bond acceptors (Lipinski definition) is 4. The van der Waals surface area contributed by atoms with Gasteiger partial charge >= 0.3 is 0 Å². The average molecular weight is 652 g/mol. The normalized spacial score (nSPS) is 11.5. The second kappa shape index (κ2) is 11.9. The van der Waals surface area contributed by atoms with E-state index in [0.717, 1.165) is 60.5 Å². The van der Waals surface area contributed by atoms with E-state index in [9.17, 15) is 0 Å². The summed E-state index contributed by atoms with van der Waals surface area (Å²) in [6.45, 7) is 0. The molecular weight excluding hydrogens is 623 g/mol. The van der Waals surface area contributed by atoms with E-state index >= 15 is 0 Å². The molecule has 0 unspecified atom stereocenters. The van der Waals surface area contributed by atoms with E-state index in [1.165, 1.54) is 21.9 Å². The summed E-state index contributed by atoms with van der Waals surface area (Å²) in [6.07, 6.45) is 0. The van der Waals surface area contributed by atoms with Gasteiger partial charge in [0, 0.05) is 27.5 Å². The number of benzene rings is 8. The molecule has 0 saturated heterocycles. The van der Waals surface area contributed by atoms with Gasteiger partial charge < -0.3 is 4.42 Å². The number of rotatable bonds is 5. The van der Waals surface area contributed by atoms with Gasteiger partial charge in [0.1, 0.15) is 11.2 Å². The number of aromatic nitrogens is 3. The lowest BCUT2D eigenvalue weighted by molar-refractivity contribution is 0.669. The predicted octanol–water partition coefficient (Wildman–Crippen LogP) is 12.4. The van der Waals surface area contributed by atoms with Gasteiger partial charge in [-0.05, 0) is 68.1 Å². The lowest BCUT2D eigenvalue weighted by Gasteiger charge is -2.11. The minimum absolute atomic E-state index is 0.605. The molecule has 0 atom stereocenters. The Morgan fingerprint density at radius 1 is 0.314 bits per heavy atom. The highest BCUT2D eigenvalue weighted by Gasteiger charge is 2.19. The van der Waals surface area contributed by atoms with Gasteiger partial charge in [-0.2, -0.15) is 0 Å². The van der Waals surface area contributed by atoms with E-state index in [0.29, 0.717) is 17.5 Å². The van der Waals surface area contributed by atoms with Crippen molar-refractivity contribution >= 4 is 43.5 Å². The monoisotopic (exact) mass is 651 g/mol. The van der Waals surface area contributed by atoms with Crippen LogP contribution in [-0.4, -0.2) is 15.0 Å². The molecule has 0 fully saturated rings. The van der Waals surface area contributed by atoms with Crippen LogP contribution in [0, 0.1) is 0 Å². The van der Waals surface area contributed by atoms with E-state index in [4.69, 9.17) is 19.4 Å². The Morgan fingerprint density at radius 3 is 1.53 bits per heavy atom. The van der Waals surface area contributed by atoms with Crippen molar-refractivity contribution < 1.29 is 4.42 Å². The van der Waals surface area contributed by atoms with Gasteiger partial charge in [-0.3, -0.25) is 0 Å². The van der Waals surface area contributed by atoms with Crippen LogP contribution in [0.2, 0.25) is 0 Å². The first-order valence-electron chi connectivity index (χ1n) is 17.1. The number of furan rings is 1. The highest BCUT2D eigenvalue weighted by Crippen LogP contribution is 2.41. The zero-order valence-corrected chi connectivity index (χ0v) is 27.5. The molecule has 51 heavy (non-hydrogen) atoms. The second-order valence-electron chi connectivity index (χ2n) is 12.8. The Kier molecular flexibility index (Phi) is 6.78. The third-order valence-corrected chi connectivity index (χ3v) is 9.72. The summed E-state index contributed by atoms with van der Waals surface area (Å²) in [5.74, 6) is 1.86. The summed E-state index contributed by atoms with van der Waals surface area (Å²) in [7, 11) is 0. The van der Waals surface area contributed by atoms with Crippen molar-refractivity contribution in [1.29, 1.82) is 0 Å². The minimum Gasteiger partial charge on any atom is -0.456 e. The van der Waals surface area contributed by atoms with E-state index in [2.05, 4.69) is 115 Å². The Morgan fingerprint density at radius 2 is 0.843 bits per heavy atom. The molecule has 0 saturated carbocycles. The first-order valence-corrected chi connectivity index (χ1v) is 17.1. The lowest BCUT2D eigenvalue weighted by Crippen LogP contribution is -2.00. The van der Waals surface area contributed by atoms with Crippen molar-refractivity contribution in [1.82, 2.24) is 15.0 Å². The highest BCUT2D eigenvalue weighted by molar-refractivity contribution is 6.22. The average Bonchev–Trinajstić information content (AvgIpc) is 3.59. The molecule has 10 rings (SSSR count). The fourth-order valence-electron chi connectivity index (χ4n) is 7.16. The molecule has 0 bridgehead atoms. The van der Waals surface area contributed by atoms with E-state index < -0.39 is 0 Å². The fraction of sp³-hybridized carbons (Fsp3) is 0. The first-order chi connectivity index (χ1) is 25.2. The third-order valence-electron chi connectivity index (χ3n) is 9.72. The molecule has 2 aromatic heterocycles. The summed E-state index contributed by atoms with van der Waals surface area (Å²) >= 11 is 0. The van der Waals surface area contributed by atoms with Crippen molar-refractivity contribution in [2.45, 2.75) is 0 Å². The molecule has 238 valence electrons. The summed E-state index contributed by atoms with van der Waals surface area (Å²) in [4.78, 5) is 15.0. The number of fused-ring (bicyclic) bond motifs is 6. The van der Waals surface area contributed by atoms with Crippen molar-refractivity contribution in [3.05, 3.63) is 176 Å². The van der Waals surface area contributed by atoms with Gasteiger partial charge in [0.2, 0.25) is 0 Å². The maximum absolute atomic E-state index is 6.58. The van der Waals surface area contributed by atoms with Crippen LogP contribution < -0.4 is 0 Å². The van der Waals surface area contributed by atoms with Gasteiger partial charge in [0.05, 0.1) is 0 Å². The molecule has 0 amide bonds. The van der Waals surface area contributed by atoms with Crippen molar-refractivity contribution in [2.75, 3.05) is 0 Å². The smallest absolute Gasteiger partial charge is 0.164 e. The first kappa shape index (κ1) is 29.0. The molecule has 0 aliphatic heterocycles. The zero-order chi connectivity index (χ0) is 33.7. The third kappa shape index (κ3) is 5.13. The van der Waals surface area contributed by atoms with Crippen LogP contribution in [0.15, 0.2) is 180 Å². The lowest BCUT2D eigenvalue weighted by atomic mass is 9.96. The Hall–Kier alpha value is -6.91. The molecule has 4 nitrogen and oxygen atoms in total. The summed E-state index contributed by atoms with van der Waals surface area (Å²) in [5, 5.41) is 6.81. The maximum Gasteiger partial charge on any atom is 0.164 e. The highest BCUT2D eigenvalue weighted by atomic mass is 16.3. The molecule has 0 radical (unpaired) electrons. The largest absolute Gasteiger partial charge is 0.456 e. The summed E-state index contributed by atoms with van der Waals surface area (Å²) in [5.41, 5.74) is 9.12. The van der Waals surface area contributed by atoms with Crippen LogP contribution in [0.4, 0.5) is 0 Å². The molecule has 0 N–H and O–H groups in total. The van der Waals surface area contributed by atoms with Crippen molar-refractivity contribution in [3.63, 3.8) is 0 Å². The van der Waals surface area contributed by atoms with E-state index in [-0.39, 0.29) is 0 Å². The van der Waals surface area contributed by atoms with Crippen LogP contribution in [0.3, 0.4) is 0 Å². The molecule has 0 aliphatic rings. The molecule has 0 spiro atoms. The van der Waals surface area contributed by atoms with Gasteiger partial charge in [0.15, 0.2) is 17.5 Å². The summed E-state index contributed by atoms with van der Waals surface area (Å²) < 4.78 is 6.58. The van der Waals surface area contributed by atoms with Crippen molar-refractivity contribution in [3.8, 4) is 56.4 Å². The van der Waals surface area contributed by atoms with Crippen LogP contribution in [0.1, 0.15) is 0 Å². The Balaban J connectivity index is 1.10. The number of hydrogen-bond donors (Lipinski definition) is 0. The standard InChI is InChI=1S/C47H29N3O/c1-3-12-33(13-4-1)45-48-46(34-14-5-2-6-15-34)50-47(49-45)40-29-43-44(39-18-10-9-17-38(39)40)41-28-37(25-26-42(41)51-43)32-21-19-31(20-22-32)36-24-23-30-11-7-8-16-35(30)27-36/h1-29H. The van der Waals surface area contributed by atoms with Crippen LogP contribution in [0.25, 0.3) is 99.9 Å². The predicted molar refractivity (Wildman–Crippen MR) is 209 cm³/mol. The molecular formula is C47H29N3O. The fourth-order valence-corrected chi connectivity index (χ4v) is 7.16. The number of nitrogens with zero attached hydrogens (tertiary/aromatic N) is 3. The molecule has 0 aliphatic carbocycles. The molecule has 8 aromatic carbocycles. The van der Waals surface area contributed by atoms with E-state index in [1.54, 1.807) is 0 Å². The quantitative estimate of drug-likeness (QED) is 0.186. The van der Waals surface area contributed by atoms with Crippen LogP contribution in [0.5, 0.6) is 0 Å². The summed E-state index contributed by atoms with van der Waals surface area (Å²) in [6, 6.07) is 61.1. The Bertz CT molecular complexity index is 2840. The second-order valence-corrected chi connectivity index (χ2v) is 12.8. The molecule has 4 heteroatoms. The van der Waals surface area contributed by atoms with Gasteiger partial charge in [-0.25, -0.2) is 15.0 Å².